The Bertz CT molecular complexity index is 783. The molecule has 4 atom stereocenters. The van der Waals surface area contributed by atoms with Crippen LogP contribution in [0.5, 0.6) is 0 Å². The first-order chi connectivity index (χ1) is 13.2. The number of carbonyl (C=O) groups is 1. The van der Waals surface area contributed by atoms with Crippen LogP contribution in [0, 0.1) is 5.92 Å². The molecule has 2 heterocycles. The first kappa shape index (κ1) is 19.0. The molecule has 0 spiro atoms. The lowest BCUT2D eigenvalue weighted by atomic mass is 9.89. The average molecular weight is 364 g/mol. The Morgan fingerprint density at radius 2 is 2.15 bits per heavy atom. The number of azide groups is 1. The monoisotopic (exact) mass is 364 g/mol. The molecule has 0 saturated carbocycles. The van der Waals surface area contributed by atoms with E-state index >= 15 is 0 Å². The number of rotatable bonds is 7. The highest BCUT2D eigenvalue weighted by atomic mass is 16.6. The highest BCUT2D eigenvalue weighted by molar-refractivity contribution is 5.78. The molecule has 2 saturated heterocycles. The van der Waals surface area contributed by atoms with Gasteiger partial charge in [0, 0.05) is 23.9 Å². The number of ether oxygens (including phenoxy) is 1. The van der Waals surface area contributed by atoms with Gasteiger partial charge in [0.1, 0.15) is 12.1 Å². The molecule has 0 amide bonds. The minimum Gasteiger partial charge on any atom is -0.459 e. The summed E-state index contributed by atoms with van der Waals surface area (Å²) in [5.41, 5.74) is 10.7. The van der Waals surface area contributed by atoms with Crippen molar-refractivity contribution in [2.45, 2.75) is 31.0 Å². The van der Waals surface area contributed by atoms with Gasteiger partial charge in [0.05, 0.1) is 6.04 Å². The molecular weight excluding hydrogens is 340 g/mol. The van der Waals surface area contributed by atoms with Crippen LogP contribution in [0.15, 0.2) is 72.4 Å². The maximum Gasteiger partial charge on any atom is 0.324 e. The second-order valence-corrected chi connectivity index (χ2v) is 6.89. The van der Waals surface area contributed by atoms with Crippen LogP contribution in [0.3, 0.4) is 0 Å². The average Bonchev–Trinajstić information content (AvgIpc) is 3.00. The van der Waals surface area contributed by atoms with Crippen molar-refractivity contribution in [1.82, 2.24) is 4.90 Å². The number of morpholine rings is 1. The van der Waals surface area contributed by atoms with Crippen LogP contribution in [0.2, 0.25) is 0 Å². The van der Waals surface area contributed by atoms with Crippen molar-refractivity contribution < 1.29 is 9.53 Å². The number of hydrogen-bond donors (Lipinski definition) is 0. The third-order valence-corrected chi connectivity index (χ3v) is 5.23. The van der Waals surface area contributed by atoms with Crippen LogP contribution in [0.4, 0.5) is 0 Å². The van der Waals surface area contributed by atoms with Gasteiger partial charge in [-0.3, -0.25) is 9.69 Å². The van der Waals surface area contributed by atoms with Crippen LogP contribution in [0.1, 0.15) is 12.0 Å². The molecule has 27 heavy (non-hydrogen) atoms. The number of benzene rings is 1. The summed E-state index contributed by atoms with van der Waals surface area (Å²) >= 11 is 0. The molecule has 2 aliphatic rings. The lowest BCUT2D eigenvalue weighted by molar-refractivity contribution is -0.172. The molecule has 0 unspecified atom stereocenters. The third kappa shape index (κ3) is 4.13. The molecule has 6 nitrogen and oxygen atoms in total. The van der Waals surface area contributed by atoms with Crippen molar-refractivity contribution in [1.29, 1.82) is 0 Å². The van der Waals surface area contributed by atoms with Gasteiger partial charge in [-0.05, 0) is 23.9 Å². The van der Waals surface area contributed by atoms with Gasteiger partial charge in [-0.1, -0.05) is 72.4 Å². The minimum atomic E-state index is -0.341. The van der Waals surface area contributed by atoms with Crippen molar-refractivity contribution in [3.8, 4) is 0 Å². The van der Waals surface area contributed by atoms with Gasteiger partial charge in [0.25, 0.3) is 0 Å². The highest BCUT2D eigenvalue weighted by Crippen LogP contribution is 2.39. The van der Waals surface area contributed by atoms with Gasteiger partial charge in [0.2, 0.25) is 0 Å². The normalized spacial score (nSPS) is 27.9. The van der Waals surface area contributed by atoms with E-state index in [1.807, 2.05) is 36.4 Å². The summed E-state index contributed by atoms with van der Waals surface area (Å²) in [6.07, 6.45) is 6.49. The lowest BCUT2D eigenvalue weighted by Crippen LogP contribution is -2.58. The van der Waals surface area contributed by atoms with E-state index in [0.717, 1.165) is 11.1 Å². The molecule has 0 bridgehead atoms. The summed E-state index contributed by atoms with van der Waals surface area (Å²) in [4.78, 5) is 17.8. The largest absolute Gasteiger partial charge is 0.459 e. The maximum atomic E-state index is 12.8. The third-order valence-electron chi connectivity index (χ3n) is 5.23. The number of cyclic esters (lactones) is 1. The highest BCUT2D eigenvalue weighted by Gasteiger charge is 2.50. The van der Waals surface area contributed by atoms with E-state index in [1.54, 1.807) is 6.08 Å². The minimum absolute atomic E-state index is 0.00555. The number of allylic oxidation sites excluding steroid dienone is 2. The van der Waals surface area contributed by atoms with Gasteiger partial charge in [-0.2, -0.15) is 0 Å². The molecule has 1 aromatic carbocycles. The van der Waals surface area contributed by atoms with Gasteiger partial charge >= 0.3 is 5.97 Å². The summed E-state index contributed by atoms with van der Waals surface area (Å²) in [6.45, 7) is 8.93. The van der Waals surface area contributed by atoms with Crippen LogP contribution in [0.25, 0.3) is 10.4 Å². The summed E-state index contributed by atoms with van der Waals surface area (Å²) < 4.78 is 5.83. The first-order valence-corrected chi connectivity index (χ1v) is 9.13. The zero-order valence-electron chi connectivity index (χ0n) is 15.3. The van der Waals surface area contributed by atoms with E-state index < -0.39 is 0 Å². The Morgan fingerprint density at radius 3 is 2.85 bits per heavy atom. The summed E-state index contributed by atoms with van der Waals surface area (Å²) in [5, 5.41) is 3.61. The molecule has 6 heteroatoms. The van der Waals surface area contributed by atoms with E-state index in [-0.39, 0.29) is 30.1 Å². The fourth-order valence-electron chi connectivity index (χ4n) is 4.03. The van der Waals surface area contributed by atoms with E-state index in [0.29, 0.717) is 25.9 Å². The number of carbonyl (C=O) groups excluding carboxylic acids is 1. The topological polar surface area (TPSA) is 78.3 Å². The van der Waals surface area contributed by atoms with Crippen molar-refractivity contribution in [3.05, 3.63) is 83.3 Å². The van der Waals surface area contributed by atoms with Gasteiger partial charge < -0.3 is 4.74 Å². The molecular formula is C21H24N4O2. The molecule has 140 valence electrons. The molecule has 2 fully saturated rings. The Balaban J connectivity index is 1.88. The number of fused-ring (bicyclic) bond motifs is 1. The fraction of sp³-hybridized carbons (Fsp3) is 0.381. The summed E-state index contributed by atoms with van der Waals surface area (Å²) in [5.74, 6) is -0.146. The number of esters is 1. The first-order valence-electron chi connectivity index (χ1n) is 9.13. The Morgan fingerprint density at radius 1 is 1.37 bits per heavy atom. The zero-order valence-corrected chi connectivity index (χ0v) is 15.3. The quantitative estimate of drug-likeness (QED) is 0.184. The maximum absolute atomic E-state index is 12.8. The van der Waals surface area contributed by atoms with E-state index in [2.05, 4.69) is 34.2 Å². The lowest BCUT2D eigenvalue weighted by Gasteiger charge is -2.42. The van der Waals surface area contributed by atoms with E-state index in [4.69, 9.17) is 10.3 Å². The smallest absolute Gasteiger partial charge is 0.324 e. The standard InChI is InChI=1S/C21H24N4O2/c1-3-4-10-17-15(2)14-25-18(13-16-8-6-5-7-9-16)21(26)27-19(20(17)25)11-12-23-24-22/h3-10,17-20H,1-2,11-14H2/b10-4+/t17-,18+,19+,20-/m1/s1. The van der Waals surface area contributed by atoms with Crippen molar-refractivity contribution in [2.75, 3.05) is 13.1 Å². The molecule has 3 rings (SSSR count). The van der Waals surface area contributed by atoms with Crippen molar-refractivity contribution in [3.63, 3.8) is 0 Å². The summed E-state index contributed by atoms with van der Waals surface area (Å²) in [6, 6.07) is 9.61. The summed E-state index contributed by atoms with van der Waals surface area (Å²) in [7, 11) is 0. The second kappa shape index (κ2) is 8.71. The molecule has 0 N–H and O–H groups in total. The molecule has 0 aromatic heterocycles. The van der Waals surface area contributed by atoms with Crippen LogP contribution >= 0.6 is 0 Å². The predicted molar refractivity (Wildman–Crippen MR) is 105 cm³/mol. The zero-order chi connectivity index (χ0) is 19.2. The molecule has 0 radical (unpaired) electrons. The van der Waals surface area contributed by atoms with E-state index in [1.165, 1.54) is 0 Å². The second-order valence-electron chi connectivity index (χ2n) is 6.89. The van der Waals surface area contributed by atoms with Crippen LogP contribution in [-0.2, 0) is 16.0 Å². The van der Waals surface area contributed by atoms with Crippen LogP contribution < -0.4 is 0 Å². The number of hydrogen-bond acceptors (Lipinski definition) is 4. The van der Waals surface area contributed by atoms with Crippen molar-refractivity contribution >= 4 is 5.97 Å². The molecule has 0 aliphatic carbocycles. The van der Waals surface area contributed by atoms with Gasteiger partial charge in [0.15, 0.2) is 0 Å². The Labute approximate surface area is 159 Å². The van der Waals surface area contributed by atoms with Gasteiger partial charge in [-0.25, -0.2) is 0 Å². The number of nitrogens with zero attached hydrogens (tertiary/aromatic N) is 4. The van der Waals surface area contributed by atoms with Crippen LogP contribution in [-0.4, -0.2) is 42.1 Å². The van der Waals surface area contributed by atoms with E-state index in [9.17, 15) is 4.79 Å². The molecule has 1 aromatic rings. The molecule has 2 aliphatic heterocycles. The Kier molecular flexibility index (Phi) is 6.12. The fourth-order valence-corrected chi connectivity index (χ4v) is 4.03. The van der Waals surface area contributed by atoms with Crippen molar-refractivity contribution in [2.24, 2.45) is 11.0 Å². The SMILES string of the molecule is C=C/C=C/[C@@H]1C(=C)CN2[C@H]1[C@H](CCN=[N+]=[N-])OC(=O)[C@@H]2Cc1ccccc1. The Hall–Kier alpha value is -2.82. The van der Waals surface area contributed by atoms with Gasteiger partial charge in [-0.15, -0.1) is 0 Å². The predicted octanol–water partition coefficient (Wildman–Crippen LogP) is 3.82.